The summed E-state index contributed by atoms with van der Waals surface area (Å²) in [4.78, 5) is 28.5. The van der Waals surface area contributed by atoms with E-state index in [0.29, 0.717) is 10.3 Å². The molecular weight excluding hydrogens is 316 g/mol. The number of hydrogen-bond acceptors (Lipinski definition) is 6. The summed E-state index contributed by atoms with van der Waals surface area (Å²) in [6.07, 6.45) is 1.65. The maximum Gasteiger partial charge on any atom is 0.325 e. The average Bonchev–Trinajstić information content (AvgIpc) is 2.37. The van der Waals surface area contributed by atoms with Gasteiger partial charge in [0.2, 0.25) is 0 Å². The molecule has 0 aliphatic rings. The van der Waals surface area contributed by atoms with E-state index in [1.165, 1.54) is 19.1 Å². The van der Waals surface area contributed by atoms with Crippen LogP contribution in [0.4, 0.5) is 5.82 Å². The van der Waals surface area contributed by atoms with Gasteiger partial charge >= 0.3 is 11.9 Å². The van der Waals surface area contributed by atoms with Crippen LogP contribution in [0.1, 0.15) is 5.56 Å². The monoisotopic (exact) mass is 330 g/mol. The van der Waals surface area contributed by atoms with E-state index >= 15 is 0 Å². The van der Waals surface area contributed by atoms with E-state index in [2.05, 4.69) is 30.4 Å². The Kier molecular flexibility index (Phi) is 5.75. The molecule has 0 spiro atoms. The number of pyridine rings is 1. The fourth-order valence-corrected chi connectivity index (χ4v) is 2.12. The number of methoxy groups -OCH3 is 2. The van der Waals surface area contributed by atoms with Crippen LogP contribution in [0.5, 0.6) is 0 Å². The highest BCUT2D eigenvalue weighted by atomic mass is 79.9. The predicted octanol–water partition coefficient (Wildman–Crippen LogP) is 1.30. The van der Waals surface area contributed by atoms with Gasteiger partial charge in [0.1, 0.15) is 18.9 Å². The lowest BCUT2D eigenvalue weighted by Gasteiger charge is -2.22. The Morgan fingerprint density at radius 1 is 1.26 bits per heavy atom. The van der Waals surface area contributed by atoms with Crippen molar-refractivity contribution in [2.45, 2.75) is 6.92 Å². The summed E-state index contributed by atoms with van der Waals surface area (Å²) < 4.78 is 9.91. The quantitative estimate of drug-likeness (QED) is 0.758. The van der Waals surface area contributed by atoms with E-state index in [9.17, 15) is 9.59 Å². The summed E-state index contributed by atoms with van der Waals surface area (Å²) in [6, 6.07) is 1.85. The largest absolute Gasteiger partial charge is 0.468 e. The zero-order valence-corrected chi connectivity index (χ0v) is 12.6. The molecule has 1 aromatic rings. The second-order valence-electron chi connectivity index (χ2n) is 3.83. The smallest absolute Gasteiger partial charge is 0.325 e. The Hall–Kier alpha value is -1.63. The SMILES string of the molecule is COC(=O)CN(CC(=O)OC)c1ncc(C)cc1Br. The summed E-state index contributed by atoms with van der Waals surface area (Å²) in [6.45, 7) is 1.73. The van der Waals surface area contributed by atoms with E-state index in [0.717, 1.165) is 5.56 Å². The van der Waals surface area contributed by atoms with Crippen molar-refractivity contribution in [2.24, 2.45) is 0 Å². The molecule has 19 heavy (non-hydrogen) atoms. The first-order valence-corrected chi connectivity index (χ1v) is 6.28. The number of carbonyl (C=O) groups excluding carboxylic acids is 2. The Labute approximate surface area is 119 Å². The van der Waals surface area contributed by atoms with E-state index in [1.807, 2.05) is 13.0 Å². The molecule has 1 heterocycles. The van der Waals surface area contributed by atoms with Crippen LogP contribution in [0, 0.1) is 6.92 Å². The van der Waals surface area contributed by atoms with E-state index in [-0.39, 0.29) is 13.1 Å². The van der Waals surface area contributed by atoms with Crippen molar-refractivity contribution >= 4 is 33.7 Å². The highest BCUT2D eigenvalue weighted by Gasteiger charge is 2.19. The summed E-state index contributed by atoms with van der Waals surface area (Å²) in [7, 11) is 2.58. The summed E-state index contributed by atoms with van der Waals surface area (Å²) >= 11 is 3.36. The molecule has 0 aliphatic carbocycles. The van der Waals surface area contributed by atoms with Crippen molar-refractivity contribution in [1.29, 1.82) is 0 Å². The summed E-state index contributed by atoms with van der Waals surface area (Å²) in [5, 5.41) is 0. The third-order valence-electron chi connectivity index (χ3n) is 2.35. The first kappa shape index (κ1) is 15.4. The van der Waals surface area contributed by atoms with Crippen molar-refractivity contribution < 1.29 is 19.1 Å². The van der Waals surface area contributed by atoms with Crippen LogP contribution >= 0.6 is 15.9 Å². The normalized spacial score (nSPS) is 9.89. The van der Waals surface area contributed by atoms with E-state index < -0.39 is 11.9 Å². The zero-order valence-electron chi connectivity index (χ0n) is 11.0. The Bertz CT molecular complexity index is 461. The number of aryl methyl sites for hydroxylation is 1. The number of rotatable bonds is 5. The molecule has 0 bridgehead atoms. The molecule has 0 aliphatic heterocycles. The van der Waals surface area contributed by atoms with Crippen LogP contribution in [0.25, 0.3) is 0 Å². The Morgan fingerprint density at radius 3 is 2.21 bits per heavy atom. The Balaban J connectivity index is 3.00. The lowest BCUT2D eigenvalue weighted by atomic mass is 10.3. The van der Waals surface area contributed by atoms with E-state index in [1.54, 1.807) is 6.20 Å². The molecule has 1 aromatic heterocycles. The highest BCUT2D eigenvalue weighted by Crippen LogP contribution is 2.24. The lowest BCUT2D eigenvalue weighted by molar-refractivity contribution is -0.140. The van der Waals surface area contributed by atoms with Gasteiger partial charge in [0.25, 0.3) is 0 Å². The van der Waals surface area contributed by atoms with Gasteiger partial charge < -0.3 is 14.4 Å². The van der Waals surface area contributed by atoms with Crippen LogP contribution in [0.15, 0.2) is 16.7 Å². The van der Waals surface area contributed by atoms with Crippen LogP contribution in [-0.2, 0) is 19.1 Å². The maximum absolute atomic E-state index is 11.4. The van der Waals surface area contributed by atoms with Gasteiger partial charge in [-0.3, -0.25) is 9.59 Å². The number of halogens is 1. The van der Waals surface area contributed by atoms with Gasteiger partial charge in [-0.05, 0) is 34.5 Å². The molecule has 0 unspecified atom stereocenters. The first-order valence-electron chi connectivity index (χ1n) is 5.48. The summed E-state index contributed by atoms with van der Waals surface area (Å²) in [5.74, 6) is -0.433. The maximum atomic E-state index is 11.4. The van der Waals surface area contributed by atoms with Gasteiger partial charge in [0.15, 0.2) is 0 Å². The number of carbonyl (C=O) groups is 2. The number of hydrogen-bond donors (Lipinski definition) is 0. The molecule has 0 radical (unpaired) electrons. The minimum Gasteiger partial charge on any atom is -0.468 e. The number of ether oxygens (including phenoxy) is 2. The second kappa shape index (κ2) is 7.08. The number of anilines is 1. The molecule has 0 N–H and O–H groups in total. The number of esters is 2. The van der Waals surface area contributed by atoms with Crippen molar-refractivity contribution in [1.82, 2.24) is 4.98 Å². The van der Waals surface area contributed by atoms with Crippen molar-refractivity contribution in [2.75, 3.05) is 32.2 Å². The van der Waals surface area contributed by atoms with Gasteiger partial charge in [-0.25, -0.2) is 4.98 Å². The number of nitrogens with zero attached hydrogens (tertiary/aromatic N) is 2. The minimum atomic E-state index is -0.460. The molecule has 0 amide bonds. The lowest BCUT2D eigenvalue weighted by Crippen LogP contribution is -2.36. The molecule has 6 nitrogen and oxygen atoms in total. The molecule has 0 fully saturated rings. The Morgan fingerprint density at radius 2 is 1.79 bits per heavy atom. The van der Waals surface area contributed by atoms with Crippen molar-refractivity contribution in [3.8, 4) is 0 Å². The van der Waals surface area contributed by atoms with Gasteiger partial charge in [-0.1, -0.05) is 0 Å². The fourth-order valence-electron chi connectivity index (χ4n) is 1.41. The van der Waals surface area contributed by atoms with Gasteiger partial charge in [-0.2, -0.15) is 0 Å². The highest BCUT2D eigenvalue weighted by molar-refractivity contribution is 9.10. The van der Waals surface area contributed by atoms with Crippen LogP contribution in [0.3, 0.4) is 0 Å². The second-order valence-corrected chi connectivity index (χ2v) is 4.68. The molecule has 0 atom stereocenters. The predicted molar refractivity (Wildman–Crippen MR) is 72.9 cm³/mol. The van der Waals surface area contributed by atoms with Crippen LogP contribution in [-0.4, -0.2) is 44.2 Å². The average molecular weight is 331 g/mol. The van der Waals surface area contributed by atoms with Crippen molar-refractivity contribution in [3.05, 3.63) is 22.3 Å². The third-order valence-corrected chi connectivity index (χ3v) is 2.94. The molecular formula is C12H15BrN2O4. The standard InChI is InChI=1S/C12H15BrN2O4/c1-8-4-9(13)12(14-5-8)15(6-10(16)18-2)7-11(17)19-3/h4-5H,6-7H2,1-3H3. The zero-order chi connectivity index (χ0) is 14.4. The molecule has 104 valence electrons. The molecule has 1 rings (SSSR count). The van der Waals surface area contributed by atoms with Gasteiger partial charge in [0.05, 0.1) is 18.7 Å². The first-order chi connectivity index (χ1) is 8.97. The van der Waals surface area contributed by atoms with Gasteiger partial charge in [-0.15, -0.1) is 0 Å². The fraction of sp³-hybridized carbons (Fsp3) is 0.417. The minimum absolute atomic E-state index is 0.0831. The molecule has 0 saturated heterocycles. The number of aromatic nitrogens is 1. The molecule has 0 saturated carbocycles. The van der Waals surface area contributed by atoms with Gasteiger partial charge in [0, 0.05) is 6.20 Å². The molecule has 0 aromatic carbocycles. The topological polar surface area (TPSA) is 68.7 Å². The summed E-state index contributed by atoms with van der Waals surface area (Å²) in [5.41, 5.74) is 0.965. The van der Waals surface area contributed by atoms with Crippen LogP contribution < -0.4 is 4.90 Å². The van der Waals surface area contributed by atoms with Crippen molar-refractivity contribution in [3.63, 3.8) is 0 Å². The van der Waals surface area contributed by atoms with Crippen LogP contribution in [0.2, 0.25) is 0 Å². The third kappa shape index (κ3) is 4.51. The van der Waals surface area contributed by atoms with E-state index in [4.69, 9.17) is 0 Å². The molecule has 7 heteroatoms.